The highest BCUT2D eigenvalue weighted by molar-refractivity contribution is 4.63. The molecular weight excluding hydrogens is 158 g/mol. The van der Waals surface area contributed by atoms with Crippen molar-refractivity contribution in [2.24, 2.45) is 5.73 Å². The van der Waals surface area contributed by atoms with Gasteiger partial charge in [0.1, 0.15) is 0 Å². The van der Waals surface area contributed by atoms with E-state index in [0.717, 1.165) is 13.0 Å². The molecule has 1 aliphatic rings. The van der Waals surface area contributed by atoms with Crippen molar-refractivity contribution in [2.75, 3.05) is 26.4 Å². The molecule has 0 spiro atoms. The van der Waals surface area contributed by atoms with Crippen LogP contribution in [0.25, 0.3) is 0 Å². The Kier molecular flexibility index (Phi) is 4.53. The van der Waals surface area contributed by atoms with Gasteiger partial charge in [0.05, 0.1) is 18.8 Å². The normalized spacial score (nSPS) is 26.0. The van der Waals surface area contributed by atoms with Crippen LogP contribution in [0.3, 0.4) is 0 Å². The smallest absolute Gasteiger partial charge is 0.0830 e. The van der Waals surface area contributed by atoms with Gasteiger partial charge in [0, 0.05) is 19.8 Å². The molecule has 0 aromatic carbocycles. The van der Waals surface area contributed by atoms with Crippen molar-refractivity contribution in [3.05, 3.63) is 0 Å². The van der Waals surface area contributed by atoms with E-state index in [2.05, 4.69) is 0 Å². The highest BCUT2D eigenvalue weighted by atomic mass is 16.5. The van der Waals surface area contributed by atoms with E-state index in [1.165, 1.54) is 0 Å². The summed E-state index contributed by atoms with van der Waals surface area (Å²) in [6.07, 6.45) is 1.40. The quantitative estimate of drug-likeness (QED) is 0.591. The van der Waals surface area contributed by atoms with Gasteiger partial charge >= 0.3 is 0 Å². The lowest BCUT2D eigenvalue weighted by Crippen LogP contribution is -2.23. The van der Waals surface area contributed by atoms with E-state index in [4.69, 9.17) is 20.3 Å². The second-order valence-corrected chi connectivity index (χ2v) is 3.03. The molecule has 1 saturated heterocycles. The van der Waals surface area contributed by atoms with E-state index in [-0.39, 0.29) is 6.10 Å². The Morgan fingerprint density at radius 3 is 3.08 bits per heavy atom. The molecule has 0 saturated carbocycles. The van der Waals surface area contributed by atoms with Crippen LogP contribution >= 0.6 is 0 Å². The number of ether oxygens (including phenoxy) is 2. The molecule has 2 unspecified atom stereocenters. The van der Waals surface area contributed by atoms with E-state index in [1.807, 2.05) is 0 Å². The zero-order valence-electron chi connectivity index (χ0n) is 7.24. The van der Waals surface area contributed by atoms with Gasteiger partial charge in [0.25, 0.3) is 0 Å². The fourth-order valence-electron chi connectivity index (χ4n) is 1.13. The molecule has 0 radical (unpaired) electrons. The minimum absolute atomic E-state index is 0.231. The van der Waals surface area contributed by atoms with Gasteiger partial charge in [-0.05, 0) is 12.8 Å². The summed E-state index contributed by atoms with van der Waals surface area (Å²) in [5.41, 5.74) is 5.24. The lowest BCUT2D eigenvalue weighted by atomic mass is 10.2. The summed E-state index contributed by atoms with van der Waals surface area (Å²) in [5.74, 6) is 0. The average Bonchev–Trinajstić information content (AvgIpc) is 2.57. The summed E-state index contributed by atoms with van der Waals surface area (Å²) >= 11 is 0. The van der Waals surface area contributed by atoms with Crippen molar-refractivity contribution < 1.29 is 14.6 Å². The number of hydrogen-bond donors (Lipinski definition) is 2. The summed E-state index contributed by atoms with van der Waals surface area (Å²) in [4.78, 5) is 0. The topological polar surface area (TPSA) is 64.7 Å². The lowest BCUT2D eigenvalue weighted by molar-refractivity contribution is 0.0234. The molecule has 0 aromatic rings. The van der Waals surface area contributed by atoms with Crippen molar-refractivity contribution in [3.8, 4) is 0 Å². The number of rotatable bonds is 5. The SMILES string of the molecule is NCC(O)CCOC1CCOC1. The largest absolute Gasteiger partial charge is 0.392 e. The van der Waals surface area contributed by atoms with E-state index in [0.29, 0.717) is 26.2 Å². The van der Waals surface area contributed by atoms with Crippen molar-refractivity contribution in [3.63, 3.8) is 0 Å². The molecule has 2 atom stereocenters. The average molecular weight is 175 g/mol. The molecule has 1 rings (SSSR count). The first-order valence-corrected chi connectivity index (χ1v) is 4.40. The second kappa shape index (κ2) is 5.48. The molecule has 1 heterocycles. The molecule has 3 N–H and O–H groups in total. The molecule has 4 heteroatoms. The Balaban J connectivity index is 1.94. The van der Waals surface area contributed by atoms with Gasteiger partial charge in [0.2, 0.25) is 0 Å². The van der Waals surface area contributed by atoms with Gasteiger partial charge in [-0.2, -0.15) is 0 Å². The van der Waals surface area contributed by atoms with Gasteiger partial charge in [-0.25, -0.2) is 0 Å². The standard InChI is InChI=1S/C8H17NO3/c9-5-7(10)1-4-12-8-2-3-11-6-8/h7-8,10H,1-6,9H2. The Morgan fingerprint density at radius 1 is 1.67 bits per heavy atom. The highest BCUT2D eigenvalue weighted by Crippen LogP contribution is 2.08. The Bertz CT molecular complexity index is 115. The molecule has 12 heavy (non-hydrogen) atoms. The van der Waals surface area contributed by atoms with Gasteiger partial charge in [-0.15, -0.1) is 0 Å². The number of hydrogen-bond acceptors (Lipinski definition) is 4. The van der Waals surface area contributed by atoms with E-state index in [1.54, 1.807) is 0 Å². The van der Waals surface area contributed by atoms with Crippen LogP contribution in [-0.4, -0.2) is 43.7 Å². The van der Waals surface area contributed by atoms with E-state index >= 15 is 0 Å². The Labute approximate surface area is 72.6 Å². The van der Waals surface area contributed by atoms with Crippen LogP contribution in [0.4, 0.5) is 0 Å². The molecule has 0 aromatic heterocycles. The van der Waals surface area contributed by atoms with E-state index < -0.39 is 6.10 Å². The minimum atomic E-state index is -0.424. The summed E-state index contributed by atoms with van der Waals surface area (Å²) < 4.78 is 10.6. The van der Waals surface area contributed by atoms with Gasteiger partial charge in [-0.3, -0.25) is 0 Å². The second-order valence-electron chi connectivity index (χ2n) is 3.03. The van der Waals surface area contributed by atoms with Crippen LogP contribution in [0.2, 0.25) is 0 Å². The fourth-order valence-corrected chi connectivity index (χ4v) is 1.13. The zero-order chi connectivity index (χ0) is 8.81. The predicted molar refractivity (Wildman–Crippen MR) is 44.9 cm³/mol. The maximum absolute atomic E-state index is 9.10. The van der Waals surface area contributed by atoms with Crippen molar-refractivity contribution in [1.29, 1.82) is 0 Å². The number of nitrogens with two attached hydrogens (primary N) is 1. The molecule has 0 aliphatic carbocycles. The lowest BCUT2D eigenvalue weighted by Gasteiger charge is -2.11. The Hall–Kier alpha value is -0.160. The summed E-state index contributed by atoms with van der Waals surface area (Å²) in [7, 11) is 0. The highest BCUT2D eigenvalue weighted by Gasteiger charge is 2.15. The fraction of sp³-hybridized carbons (Fsp3) is 1.00. The first-order chi connectivity index (χ1) is 5.83. The molecule has 1 fully saturated rings. The maximum atomic E-state index is 9.10. The molecule has 0 bridgehead atoms. The molecular formula is C8H17NO3. The first kappa shape index (κ1) is 9.92. The van der Waals surface area contributed by atoms with Crippen molar-refractivity contribution in [1.82, 2.24) is 0 Å². The van der Waals surface area contributed by atoms with Gasteiger partial charge in [0.15, 0.2) is 0 Å². The number of aliphatic hydroxyl groups excluding tert-OH is 1. The molecule has 0 amide bonds. The predicted octanol–water partition coefficient (Wildman–Crippen LogP) is -0.498. The van der Waals surface area contributed by atoms with Crippen LogP contribution in [0, 0.1) is 0 Å². The van der Waals surface area contributed by atoms with Crippen LogP contribution in [-0.2, 0) is 9.47 Å². The minimum Gasteiger partial charge on any atom is -0.392 e. The maximum Gasteiger partial charge on any atom is 0.0830 e. The van der Waals surface area contributed by atoms with Crippen molar-refractivity contribution >= 4 is 0 Å². The monoisotopic (exact) mass is 175 g/mol. The van der Waals surface area contributed by atoms with Gasteiger partial charge < -0.3 is 20.3 Å². The summed E-state index contributed by atoms with van der Waals surface area (Å²) in [6, 6.07) is 0. The van der Waals surface area contributed by atoms with Crippen LogP contribution < -0.4 is 5.73 Å². The van der Waals surface area contributed by atoms with E-state index in [9.17, 15) is 0 Å². The molecule has 72 valence electrons. The van der Waals surface area contributed by atoms with Crippen LogP contribution in [0.5, 0.6) is 0 Å². The third kappa shape index (κ3) is 3.49. The Morgan fingerprint density at radius 2 is 2.50 bits per heavy atom. The molecule has 4 nitrogen and oxygen atoms in total. The van der Waals surface area contributed by atoms with Gasteiger partial charge in [-0.1, -0.05) is 0 Å². The van der Waals surface area contributed by atoms with Crippen molar-refractivity contribution in [2.45, 2.75) is 25.0 Å². The van der Waals surface area contributed by atoms with Crippen LogP contribution in [0.1, 0.15) is 12.8 Å². The third-order valence-corrected chi connectivity index (χ3v) is 1.96. The summed E-state index contributed by atoms with van der Waals surface area (Å²) in [5, 5.41) is 9.10. The van der Waals surface area contributed by atoms with Crippen LogP contribution in [0.15, 0.2) is 0 Å². The zero-order valence-corrected chi connectivity index (χ0v) is 7.24. The first-order valence-electron chi connectivity index (χ1n) is 4.40. The summed E-state index contributed by atoms with van der Waals surface area (Å²) in [6.45, 7) is 2.37. The number of aliphatic hydroxyl groups is 1. The molecule has 1 aliphatic heterocycles. The third-order valence-electron chi connectivity index (χ3n) is 1.96.